The summed E-state index contributed by atoms with van der Waals surface area (Å²) in [6, 6.07) is 19.6. The summed E-state index contributed by atoms with van der Waals surface area (Å²) in [5.41, 5.74) is 3.04. The number of nitrogens with zero attached hydrogens (tertiary/aromatic N) is 2. The van der Waals surface area contributed by atoms with Crippen LogP contribution in [0.1, 0.15) is 35.8 Å². The summed E-state index contributed by atoms with van der Waals surface area (Å²) < 4.78 is 56.9. The minimum Gasteiger partial charge on any atom is -0.493 e. The summed E-state index contributed by atoms with van der Waals surface area (Å²) >= 11 is 0. The first-order chi connectivity index (χ1) is 21.5. The lowest BCUT2D eigenvalue weighted by Gasteiger charge is -2.18. The zero-order chi connectivity index (χ0) is 31.9. The van der Waals surface area contributed by atoms with Gasteiger partial charge in [-0.25, -0.2) is 4.98 Å². The molecule has 232 valence electrons. The summed E-state index contributed by atoms with van der Waals surface area (Å²) in [5, 5.41) is 15.1. The Labute approximate surface area is 256 Å². The number of alkyl halides is 3. The van der Waals surface area contributed by atoms with Gasteiger partial charge in [-0.3, -0.25) is 4.79 Å². The minimum atomic E-state index is -4.92. The SMILES string of the molecule is COc1cccc2cc(-c3cc(C(=O)N[C@@H](CO)Cc4cn(C(C)C)c5ccccc45)c4cc(OC(F)(F)F)ccc4n3)oc12. The van der Waals surface area contributed by atoms with Crippen molar-refractivity contribution in [2.24, 2.45) is 0 Å². The molecule has 0 radical (unpaired) electrons. The number of amides is 1. The fourth-order valence-electron chi connectivity index (χ4n) is 5.60. The fourth-order valence-corrected chi connectivity index (χ4v) is 5.60. The Morgan fingerprint density at radius 1 is 1.04 bits per heavy atom. The maximum Gasteiger partial charge on any atom is 0.573 e. The molecule has 0 aliphatic heterocycles. The number of nitrogens with one attached hydrogen (secondary N) is 1. The number of para-hydroxylation sites is 2. The quantitative estimate of drug-likeness (QED) is 0.175. The Bertz CT molecular complexity index is 2030. The van der Waals surface area contributed by atoms with E-state index in [1.165, 1.54) is 19.2 Å². The van der Waals surface area contributed by atoms with Gasteiger partial charge in [0.15, 0.2) is 17.1 Å². The highest BCUT2D eigenvalue weighted by Crippen LogP contribution is 2.35. The first-order valence-corrected chi connectivity index (χ1v) is 14.3. The second kappa shape index (κ2) is 11.8. The van der Waals surface area contributed by atoms with Gasteiger partial charge in [-0.2, -0.15) is 0 Å². The van der Waals surface area contributed by atoms with Gasteiger partial charge in [0.1, 0.15) is 11.4 Å². The number of furan rings is 1. The molecule has 0 bridgehead atoms. The topological polar surface area (TPSA) is 98.8 Å². The molecule has 1 atom stereocenters. The first-order valence-electron chi connectivity index (χ1n) is 14.3. The van der Waals surface area contributed by atoms with Crippen molar-refractivity contribution in [3.63, 3.8) is 0 Å². The number of fused-ring (bicyclic) bond motifs is 3. The van der Waals surface area contributed by atoms with Gasteiger partial charge < -0.3 is 28.9 Å². The number of hydrogen-bond acceptors (Lipinski definition) is 6. The molecule has 45 heavy (non-hydrogen) atoms. The van der Waals surface area contributed by atoms with Crippen LogP contribution in [-0.2, 0) is 6.42 Å². The molecule has 0 saturated carbocycles. The fraction of sp³-hybridized carbons (Fsp3) is 0.235. The van der Waals surface area contributed by atoms with Gasteiger partial charge in [0, 0.05) is 33.9 Å². The van der Waals surface area contributed by atoms with E-state index in [9.17, 15) is 23.1 Å². The maximum absolute atomic E-state index is 13.9. The molecule has 6 rings (SSSR count). The number of rotatable bonds is 9. The van der Waals surface area contributed by atoms with E-state index in [4.69, 9.17) is 9.15 Å². The van der Waals surface area contributed by atoms with Gasteiger partial charge in [0.2, 0.25) is 0 Å². The zero-order valence-corrected chi connectivity index (χ0v) is 24.7. The van der Waals surface area contributed by atoms with Crippen molar-refractivity contribution in [2.45, 2.75) is 38.7 Å². The second-order valence-electron chi connectivity index (χ2n) is 11.0. The highest BCUT2D eigenvalue weighted by molar-refractivity contribution is 6.07. The molecule has 0 fully saturated rings. The van der Waals surface area contributed by atoms with E-state index >= 15 is 0 Å². The van der Waals surface area contributed by atoms with E-state index in [1.807, 2.05) is 42.6 Å². The molecule has 3 heterocycles. The predicted molar refractivity (Wildman–Crippen MR) is 165 cm³/mol. The van der Waals surface area contributed by atoms with Crippen LogP contribution in [0.25, 0.3) is 44.2 Å². The van der Waals surface area contributed by atoms with Gasteiger partial charge >= 0.3 is 6.36 Å². The van der Waals surface area contributed by atoms with Crippen LogP contribution in [0, 0.1) is 0 Å². The van der Waals surface area contributed by atoms with Crippen molar-refractivity contribution in [2.75, 3.05) is 13.7 Å². The van der Waals surface area contributed by atoms with Crippen LogP contribution in [0.5, 0.6) is 11.5 Å². The highest BCUT2D eigenvalue weighted by atomic mass is 19.4. The number of pyridine rings is 1. The van der Waals surface area contributed by atoms with Gasteiger partial charge in [0.05, 0.1) is 30.8 Å². The molecule has 1 amide bonds. The Hall–Kier alpha value is -5.03. The number of benzene rings is 3. The number of aromatic nitrogens is 2. The lowest BCUT2D eigenvalue weighted by Crippen LogP contribution is -2.39. The smallest absolute Gasteiger partial charge is 0.493 e. The third kappa shape index (κ3) is 6.03. The molecular formula is C34H30F3N3O5. The Kier molecular flexibility index (Phi) is 7.88. The average molecular weight is 618 g/mol. The Balaban J connectivity index is 1.40. The molecule has 0 aliphatic rings. The van der Waals surface area contributed by atoms with Crippen molar-refractivity contribution in [3.8, 4) is 23.0 Å². The molecule has 11 heteroatoms. The molecule has 0 saturated heterocycles. The van der Waals surface area contributed by atoms with Crippen molar-refractivity contribution in [3.05, 3.63) is 90.1 Å². The normalized spacial score (nSPS) is 12.7. The number of ether oxygens (including phenoxy) is 2. The molecule has 6 aromatic rings. The number of carbonyl (C=O) groups excluding carboxylic acids is 1. The first kappa shape index (κ1) is 30.0. The molecule has 0 unspecified atom stereocenters. The molecule has 0 spiro atoms. The number of carbonyl (C=O) groups is 1. The lowest BCUT2D eigenvalue weighted by molar-refractivity contribution is -0.274. The molecule has 2 N–H and O–H groups in total. The van der Waals surface area contributed by atoms with Crippen LogP contribution in [0.15, 0.2) is 83.4 Å². The summed E-state index contributed by atoms with van der Waals surface area (Å²) in [4.78, 5) is 18.5. The van der Waals surface area contributed by atoms with Crippen molar-refractivity contribution >= 4 is 38.7 Å². The van der Waals surface area contributed by atoms with Crippen LogP contribution >= 0.6 is 0 Å². The Morgan fingerprint density at radius 2 is 1.84 bits per heavy atom. The van der Waals surface area contributed by atoms with E-state index in [0.717, 1.165) is 34.0 Å². The predicted octanol–water partition coefficient (Wildman–Crippen LogP) is 7.42. The van der Waals surface area contributed by atoms with E-state index in [0.29, 0.717) is 23.5 Å². The monoisotopic (exact) mass is 617 g/mol. The van der Waals surface area contributed by atoms with E-state index in [2.05, 4.69) is 33.5 Å². The molecule has 8 nitrogen and oxygen atoms in total. The second-order valence-corrected chi connectivity index (χ2v) is 11.0. The number of hydrogen-bond donors (Lipinski definition) is 2. The van der Waals surface area contributed by atoms with Crippen LogP contribution in [0.2, 0.25) is 0 Å². The molecule has 0 aliphatic carbocycles. The minimum absolute atomic E-state index is 0.0399. The standard InChI is InChI=1S/C34H30F3N3O5/c1-19(2)40-17-21(24-8-4-5-9-29(24)40)13-22(18-41)38-33(42)26-16-28(31-14-20-7-6-10-30(43-3)32(20)44-31)39-27-12-11-23(15-25(26)27)45-34(35,36)37/h4-12,14-17,19,22,41H,13,18H2,1-3H3,(H,38,42)/t22-/m1/s1. The van der Waals surface area contributed by atoms with Gasteiger partial charge in [-0.1, -0.05) is 30.3 Å². The summed E-state index contributed by atoms with van der Waals surface area (Å²) in [7, 11) is 1.52. The zero-order valence-electron chi connectivity index (χ0n) is 24.7. The largest absolute Gasteiger partial charge is 0.573 e. The summed E-state index contributed by atoms with van der Waals surface area (Å²) in [5.74, 6) is -0.252. The summed E-state index contributed by atoms with van der Waals surface area (Å²) in [6.45, 7) is 3.78. The number of methoxy groups -OCH3 is 1. The number of halogens is 3. The molecular weight excluding hydrogens is 587 g/mol. The van der Waals surface area contributed by atoms with E-state index in [1.54, 1.807) is 12.1 Å². The highest BCUT2D eigenvalue weighted by Gasteiger charge is 2.31. The van der Waals surface area contributed by atoms with Crippen molar-refractivity contribution in [1.29, 1.82) is 0 Å². The van der Waals surface area contributed by atoms with E-state index in [-0.39, 0.29) is 34.8 Å². The average Bonchev–Trinajstić information content (AvgIpc) is 3.61. The molecule has 3 aromatic heterocycles. The van der Waals surface area contributed by atoms with Crippen molar-refractivity contribution < 1.29 is 37.0 Å². The Morgan fingerprint density at radius 3 is 2.58 bits per heavy atom. The third-order valence-electron chi connectivity index (χ3n) is 7.64. The number of aliphatic hydroxyl groups excluding tert-OH is 1. The summed E-state index contributed by atoms with van der Waals surface area (Å²) in [6.07, 6.45) is -2.58. The third-order valence-corrected chi connectivity index (χ3v) is 7.64. The van der Waals surface area contributed by atoms with Gasteiger partial charge in [0.25, 0.3) is 5.91 Å². The van der Waals surface area contributed by atoms with Gasteiger partial charge in [-0.05, 0) is 68.3 Å². The van der Waals surface area contributed by atoms with Crippen LogP contribution in [-0.4, -0.2) is 46.7 Å². The van der Waals surface area contributed by atoms with Crippen LogP contribution < -0.4 is 14.8 Å². The van der Waals surface area contributed by atoms with Crippen LogP contribution in [0.4, 0.5) is 13.2 Å². The van der Waals surface area contributed by atoms with E-state index < -0.39 is 24.1 Å². The number of aliphatic hydroxyl groups is 1. The lowest BCUT2D eigenvalue weighted by atomic mass is 10.0. The van der Waals surface area contributed by atoms with Gasteiger partial charge in [-0.15, -0.1) is 13.2 Å². The van der Waals surface area contributed by atoms with Crippen LogP contribution in [0.3, 0.4) is 0 Å². The van der Waals surface area contributed by atoms with Crippen molar-refractivity contribution in [1.82, 2.24) is 14.9 Å². The maximum atomic E-state index is 13.9. The molecule has 3 aromatic carbocycles.